The van der Waals surface area contributed by atoms with Gasteiger partial charge in [0, 0.05) is 17.0 Å². The van der Waals surface area contributed by atoms with Crippen LogP contribution in [0.4, 0.5) is 10.7 Å². The number of aromatic nitrogens is 2. The van der Waals surface area contributed by atoms with Crippen molar-refractivity contribution in [3.05, 3.63) is 56.2 Å². The number of benzene rings is 1. The van der Waals surface area contributed by atoms with Gasteiger partial charge < -0.3 is 14.6 Å². The molecule has 0 spiro atoms. The summed E-state index contributed by atoms with van der Waals surface area (Å²) < 4.78 is 10.9. The van der Waals surface area contributed by atoms with E-state index < -0.39 is 4.92 Å². The molecular formula is C18H16N4O5S. The van der Waals surface area contributed by atoms with E-state index in [0.29, 0.717) is 41.9 Å². The predicted octanol–water partition coefficient (Wildman–Crippen LogP) is 3.27. The van der Waals surface area contributed by atoms with E-state index in [-0.39, 0.29) is 18.0 Å². The van der Waals surface area contributed by atoms with Crippen LogP contribution in [-0.4, -0.2) is 27.6 Å². The van der Waals surface area contributed by atoms with Crippen LogP contribution in [0.2, 0.25) is 0 Å². The maximum Gasteiger partial charge on any atom is 0.269 e. The molecule has 0 bridgehead atoms. The summed E-state index contributed by atoms with van der Waals surface area (Å²) in [5, 5.41) is 18.2. The number of hydrogen-bond donors (Lipinski definition) is 1. The molecule has 1 aliphatic heterocycles. The topological polar surface area (TPSA) is 120 Å². The van der Waals surface area contributed by atoms with Crippen LogP contribution in [0, 0.1) is 17.0 Å². The van der Waals surface area contributed by atoms with E-state index in [1.165, 1.54) is 23.5 Å². The van der Waals surface area contributed by atoms with Gasteiger partial charge >= 0.3 is 0 Å². The number of aryl methyl sites for hydroxylation is 1. The van der Waals surface area contributed by atoms with Crippen molar-refractivity contribution in [2.75, 3.05) is 11.9 Å². The highest BCUT2D eigenvalue weighted by Gasteiger charge is 2.26. The number of amides is 1. The maximum atomic E-state index is 12.6. The molecule has 2 aromatic heterocycles. The first-order valence-corrected chi connectivity index (χ1v) is 9.39. The van der Waals surface area contributed by atoms with Gasteiger partial charge in [0.2, 0.25) is 5.91 Å². The number of nitro benzene ring substituents is 1. The van der Waals surface area contributed by atoms with Crippen molar-refractivity contribution in [1.82, 2.24) is 10.1 Å². The Morgan fingerprint density at radius 2 is 2.14 bits per heavy atom. The molecule has 3 aromatic rings. The zero-order chi connectivity index (χ0) is 19.7. The number of non-ortho nitro benzene ring substituents is 1. The summed E-state index contributed by atoms with van der Waals surface area (Å²) >= 11 is 1.44. The van der Waals surface area contributed by atoms with Crippen molar-refractivity contribution >= 4 is 27.9 Å². The van der Waals surface area contributed by atoms with E-state index in [2.05, 4.69) is 15.5 Å². The van der Waals surface area contributed by atoms with Crippen molar-refractivity contribution in [1.29, 1.82) is 0 Å². The van der Waals surface area contributed by atoms with Crippen molar-refractivity contribution in [3.63, 3.8) is 0 Å². The molecule has 0 aliphatic carbocycles. The normalized spacial score (nSPS) is 13.2. The number of carbonyl (C=O) groups is 1. The van der Waals surface area contributed by atoms with Gasteiger partial charge in [-0.2, -0.15) is 4.98 Å². The van der Waals surface area contributed by atoms with Gasteiger partial charge in [-0.25, -0.2) is 0 Å². The Kier molecular flexibility index (Phi) is 4.88. The minimum atomic E-state index is -0.471. The van der Waals surface area contributed by atoms with Crippen LogP contribution in [0.5, 0.6) is 0 Å². The average Bonchev–Trinajstić information content (AvgIpc) is 3.24. The fraction of sp³-hybridized carbons (Fsp3) is 0.278. The summed E-state index contributed by atoms with van der Waals surface area (Å²) in [4.78, 5) is 28.2. The molecule has 3 heterocycles. The monoisotopic (exact) mass is 400 g/mol. The molecule has 28 heavy (non-hydrogen) atoms. The van der Waals surface area contributed by atoms with Gasteiger partial charge in [0.05, 0.1) is 30.1 Å². The summed E-state index contributed by atoms with van der Waals surface area (Å²) in [7, 11) is 0. The van der Waals surface area contributed by atoms with E-state index in [0.717, 1.165) is 16.0 Å². The second kappa shape index (κ2) is 7.49. The number of anilines is 1. The summed E-state index contributed by atoms with van der Waals surface area (Å²) in [6.07, 6.45) is 0.806. The average molecular weight is 400 g/mol. The molecule has 0 fully saturated rings. The second-order valence-electron chi connectivity index (χ2n) is 6.31. The van der Waals surface area contributed by atoms with Crippen molar-refractivity contribution in [2.45, 2.75) is 26.4 Å². The van der Waals surface area contributed by atoms with E-state index >= 15 is 0 Å². The molecule has 0 saturated carbocycles. The highest BCUT2D eigenvalue weighted by atomic mass is 32.1. The SMILES string of the molecule is Cc1noc(-c2c(NC(=O)Cc3ccc([N+](=O)[O-])cc3)sc3c2CCOC3)n1. The third kappa shape index (κ3) is 3.64. The lowest BCUT2D eigenvalue weighted by Gasteiger charge is -2.12. The minimum Gasteiger partial charge on any atom is -0.376 e. The van der Waals surface area contributed by atoms with Crippen LogP contribution >= 0.6 is 11.3 Å². The molecule has 1 aromatic carbocycles. The third-order valence-corrected chi connectivity index (χ3v) is 5.45. The van der Waals surface area contributed by atoms with E-state index in [4.69, 9.17) is 9.26 Å². The summed E-state index contributed by atoms with van der Waals surface area (Å²) in [6.45, 7) is 2.82. The first-order valence-electron chi connectivity index (χ1n) is 8.57. The first kappa shape index (κ1) is 18.3. The molecule has 1 aliphatic rings. The molecule has 144 valence electrons. The number of carbonyl (C=O) groups excluding carboxylic acids is 1. The lowest BCUT2D eigenvalue weighted by Crippen LogP contribution is -2.14. The van der Waals surface area contributed by atoms with Crippen LogP contribution in [0.15, 0.2) is 28.8 Å². The van der Waals surface area contributed by atoms with E-state index in [1.807, 2.05) is 0 Å². The summed E-state index contributed by atoms with van der Waals surface area (Å²) in [6, 6.07) is 5.92. The Labute approximate surface area is 163 Å². The molecule has 4 rings (SSSR count). The molecule has 1 amide bonds. The quantitative estimate of drug-likeness (QED) is 0.515. The Bertz CT molecular complexity index is 1040. The Hall–Kier alpha value is -3.11. The number of hydrogen-bond acceptors (Lipinski definition) is 8. The van der Waals surface area contributed by atoms with Gasteiger partial charge in [-0.15, -0.1) is 11.3 Å². The molecule has 0 unspecified atom stereocenters. The summed E-state index contributed by atoms with van der Waals surface area (Å²) in [5.41, 5.74) is 2.48. The van der Waals surface area contributed by atoms with Gasteiger partial charge in [-0.1, -0.05) is 17.3 Å². The standard InChI is InChI=1S/C18H16N4O5S/c1-10-19-17(27-21-10)16-13-6-7-26-9-14(13)28-18(16)20-15(23)8-11-2-4-12(5-3-11)22(24)25/h2-5H,6-9H2,1H3,(H,20,23). The Morgan fingerprint density at radius 3 is 2.82 bits per heavy atom. The molecule has 0 radical (unpaired) electrons. The van der Waals surface area contributed by atoms with Crippen LogP contribution in [-0.2, 0) is 29.0 Å². The Balaban J connectivity index is 1.58. The molecular weight excluding hydrogens is 384 g/mol. The number of thiophene rings is 1. The van der Waals surface area contributed by atoms with E-state index in [9.17, 15) is 14.9 Å². The Morgan fingerprint density at radius 1 is 1.36 bits per heavy atom. The second-order valence-corrected chi connectivity index (χ2v) is 7.41. The number of ether oxygens (including phenoxy) is 1. The fourth-order valence-corrected chi connectivity index (χ4v) is 4.23. The number of nitrogens with zero attached hydrogens (tertiary/aromatic N) is 3. The first-order chi connectivity index (χ1) is 13.5. The maximum absolute atomic E-state index is 12.6. The number of nitro groups is 1. The zero-order valence-electron chi connectivity index (χ0n) is 14.9. The fourth-order valence-electron chi connectivity index (χ4n) is 3.04. The zero-order valence-corrected chi connectivity index (χ0v) is 15.7. The van der Waals surface area contributed by atoms with Crippen LogP contribution in [0.1, 0.15) is 21.8 Å². The number of rotatable bonds is 5. The van der Waals surface area contributed by atoms with Gasteiger partial charge in [-0.05, 0) is 24.5 Å². The van der Waals surface area contributed by atoms with Gasteiger partial charge in [-0.3, -0.25) is 14.9 Å². The summed E-state index contributed by atoms with van der Waals surface area (Å²) in [5.74, 6) is 0.665. The lowest BCUT2D eigenvalue weighted by molar-refractivity contribution is -0.384. The van der Waals surface area contributed by atoms with Gasteiger partial charge in [0.25, 0.3) is 11.6 Å². The van der Waals surface area contributed by atoms with Gasteiger partial charge in [0.15, 0.2) is 5.82 Å². The molecule has 0 atom stereocenters. The number of fused-ring (bicyclic) bond motifs is 1. The van der Waals surface area contributed by atoms with E-state index in [1.54, 1.807) is 19.1 Å². The largest absolute Gasteiger partial charge is 0.376 e. The lowest BCUT2D eigenvalue weighted by atomic mass is 10.1. The van der Waals surface area contributed by atoms with Crippen molar-refractivity contribution < 1.29 is 19.0 Å². The van der Waals surface area contributed by atoms with Gasteiger partial charge in [0.1, 0.15) is 5.00 Å². The minimum absolute atomic E-state index is 0.0101. The number of nitrogens with one attached hydrogen (secondary N) is 1. The van der Waals surface area contributed by atoms with Crippen molar-refractivity contribution in [3.8, 4) is 11.5 Å². The smallest absolute Gasteiger partial charge is 0.269 e. The molecule has 10 heteroatoms. The van der Waals surface area contributed by atoms with Crippen LogP contribution in [0.3, 0.4) is 0 Å². The predicted molar refractivity (Wildman–Crippen MR) is 101 cm³/mol. The van der Waals surface area contributed by atoms with Crippen LogP contribution < -0.4 is 5.32 Å². The molecule has 9 nitrogen and oxygen atoms in total. The molecule has 0 saturated heterocycles. The van der Waals surface area contributed by atoms with Crippen molar-refractivity contribution in [2.24, 2.45) is 0 Å². The molecule has 1 N–H and O–H groups in total. The van der Waals surface area contributed by atoms with Crippen LogP contribution in [0.25, 0.3) is 11.5 Å². The third-order valence-electron chi connectivity index (χ3n) is 4.33. The highest BCUT2D eigenvalue weighted by Crippen LogP contribution is 2.42. The highest BCUT2D eigenvalue weighted by molar-refractivity contribution is 7.17.